The van der Waals surface area contributed by atoms with Crippen LogP contribution in [0.15, 0.2) is 0 Å². The van der Waals surface area contributed by atoms with Gasteiger partial charge < -0.3 is 9.84 Å². The number of fused-ring (bicyclic) bond motifs is 2. The molecule has 0 aromatic carbocycles. The molecule has 1 N–H and O–H groups in total. The highest BCUT2D eigenvalue weighted by molar-refractivity contribution is 5.74. The Labute approximate surface area is 103 Å². The van der Waals surface area contributed by atoms with E-state index in [0.29, 0.717) is 5.92 Å². The minimum absolute atomic E-state index is 0.0267. The number of carbonyl (C=O) groups is 1. The third-order valence-corrected chi connectivity index (χ3v) is 5.18. The van der Waals surface area contributed by atoms with E-state index >= 15 is 0 Å². The van der Waals surface area contributed by atoms with Crippen molar-refractivity contribution in [2.75, 3.05) is 0 Å². The number of hydrogen-bond donors (Lipinski definition) is 1. The SMILES string of the molecule is CC1(OC(=O)C2CC3CCC2C3O)CCCC1. The highest BCUT2D eigenvalue weighted by Crippen LogP contribution is 2.49. The first-order chi connectivity index (χ1) is 8.09. The van der Waals surface area contributed by atoms with Crippen molar-refractivity contribution in [2.24, 2.45) is 17.8 Å². The zero-order chi connectivity index (χ0) is 12.0. The van der Waals surface area contributed by atoms with Gasteiger partial charge in [0, 0.05) is 0 Å². The van der Waals surface area contributed by atoms with Crippen molar-refractivity contribution >= 4 is 5.97 Å². The fourth-order valence-corrected chi connectivity index (χ4v) is 4.11. The van der Waals surface area contributed by atoms with Gasteiger partial charge >= 0.3 is 5.97 Å². The summed E-state index contributed by atoms with van der Waals surface area (Å²) in [5.41, 5.74) is -0.218. The van der Waals surface area contributed by atoms with Crippen molar-refractivity contribution in [3.8, 4) is 0 Å². The number of hydrogen-bond acceptors (Lipinski definition) is 3. The molecule has 17 heavy (non-hydrogen) atoms. The van der Waals surface area contributed by atoms with Crippen LogP contribution in [0.25, 0.3) is 0 Å². The minimum Gasteiger partial charge on any atom is -0.459 e. The van der Waals surface area contributed by atoms with Crippen LogP contribution in [0, 0.1) is 17.8 Å². The molecule has 96 valence electrons. The maximum Gasteiger partial charge on any atom is 0.309 e. The second-order valence-corrected chi connectivity index (χ2v) is 6.41. The standard InChI is InChI=1S/C14H22O3/c1-14(6-2-3-7-14)17-13(16)11-8-9-4-5-10(11)12(9)15/h9-12,15H,2-8H2,1H3. The van der Waals surface area contributed by atoms with Crippen molar-refractivity contribution < 1.29 is 14.6 Å². The van der Waals surface area contributed by atoms with Gasteiger partial charge in [0.1, 0.15) is 5.60 Å². The molecule has 0 heterocycles. The Hall–Kier alpha value is -0.570. The fraction of sp³-hybridized carbons (Fsp3) is 0.929. The summed E-state index contributed by atoms with van der Waals surface area (Å²) in [5, 5.41) is 9.97. The summed E-state index contributed by atoms with van der Waals surface area (Å²) in [5.74, 6) is 0.466. The van der Waals surface area contributed by atoms with E-state index in [1.807, 2.05) is 0 Å². The quantitative estimate of drug-likeness (QED) is 0.751. The van der Waals surface area contributed by atoms with Gasteiger partial charge in [-0.2, -0.15) is 0 Å². The summed E-state index contributed by atoms with van der Waals surface area (Å²) in [6.45, 7) is 2.06. The van der Waals surface area contributed by atoms with Crippen molar-refractivity contribution in [1.82, 2.24) is 0 Å². The first kappa shape index (κ1) is 11.5. The third kappa shape index (κ3) is 1.88. The fourth-order valence-electron chi connectivity index (χ4n) is 4.11. The van der Waals surface area contributed by atoms with Crippen LogP contribution in [0.1, 0.15) is 51.9 Å². The van der Waals surface area contributed by atoms with Gasteiger partial charge in [-0.15, -0.1) is 0 Å². The minimum atomic E-state index is -0.246. The van der Waals surface area contributed by atoms with Gasteiger partial charge in [-0.05, 0) is 63.7 Å². The van der Waals surface area contributed by atoms with Crippen LogP contribution in [0.3, 0.4) is 0 Å². The predicted molar refractivity (Wildman–Crippen MR) is 63.3 cm³/mol. The molecule has 0 radical (unpaired) electrons. The molecule has 4 atom stereocenters. The second kappa shape index (κ2) is 3.98. The summed E-state index contributed by atoms with van der Waals surface area (Å²) in [6, 6.07) is 0. The third-order valence-electron chi connectivity index (χ3n) is 5.18. The Balaban J connectivity index is 1.64. The molecule has 2 bridgehead atoms. The number of aliphatic hydroxyl groups is 1. The molecule has 3 rings (SSSR count). The van der Waals surface area contributed by atoms with Gasteiger partial charge in [0.25, 0.3) is 0 Å². The molecule has 0 saturated heterocycles. The number of esters is 1. The van der Waals surface area contributed by atoms with Crippen LogP contribution in [0.2, 0.25) is 0 Å². The van der Waals surface area contributed by atoms with E-state index < -0.39 is 0 Å². The van der Waals surface area contributed by atoms with Crippen LogP contribution >= 0.6 is 0 Å². The largest absolute Gasteiger partial charge is 0.459 e. The monoisotopic (exact) mass is 238 g/mol. The number of aliphatic hydroxyl groups excluding tert-OH is 1. The summed E-state index contributed by atoms with van der Waals surface area (Å²) in [4.78, 5) is 12.2. The lowest BCUT2D eigenvalue weighted by atomic mass is 9.88. The summed E-state index contributed by atoms with van der Waals surface area (Å²) < 4.78 is 5.73. The van der Waals surface area contributed by atoms with Crippen molar-refractivity contribution in [2.45, 2.75) is 63.6 Å². The van der Waals surface area contributed by atoms with Crippen molar-refractivity contribution in [1.29, 1.82) is 0 Å². The van der Waals surface area contributed by atoms with Gasteiger partial charge in [-0.1, -0.05) is 0 Å². The number of carbonyl (C=O) groups excluding carboxylic acids is 1. The van der Waals surface area contributed by atoms with Gasteiger partial charge in [-0.3, -0.25) is 4.79 Å². The molecular formula is C14H22O3. The lowest BCUT2D eigenvalue weighted by molar-refractivity contribution is -0.165. The molecule has 0 aromatic heterocycles. The molecule has 0 amide bonds. The lowest BCUT2D eigenvalue weighted by Crippen LogP contribution is -2.34. The molecule has 3 nitrogen and oxygen atoms in total. The Morgan fingerprint density at radius 1 is 1.29 bits per heavy atom. The highest BCUT2D eigenvalue weighted by atomic mass is 16.6. The van der Waals surface area contributed by atoms with Gasteiger partial charge in [-0.25, -0.2) is 0 Å². The van der Waals surface area contributed by atoms with Gasteiger partial charge in [0.05, 0.1) is 12.0 Å². The molecule has 3 saturated carbocycles. The maximum atomic E-state index is 12.2. The van der Waals surface area contributed by atoms with Crippen LogP contribution < -0.4 is 0 Å². The predicted octanol–water partition coefficient (Wildman–Crippen LogP) is 2.27. The van der Waals surface area contributed by atoms with E-state index in [4.69, 9.17) is 4.74 Å². The van der Waals surface area contributed by atoms with Crippen LogP contribution in [-0.2, 0) is 9.53 Å². The van der Waals surface area contributed by atoms with E-state index in [-0.39, 0.29) is 29.5 Å². The van der Waals surface area contributed by atoms with E-state index in [1.165, 1.54) is 12.8 Å². The maximum absolute atomic E-state index is 12.2. The summed E-state index contributed by atoms with van der Waals surface area (Å²) in [7, 11) is 0. The van der Waals surface area contributed by atoms with Crippen LogP contribution in [-0.4, -0.2) is 22.8 Å². The summed E-state index contributed by atoms with van der Waals surface area (Å²) >= 11 is 0. The van der Waals surface area contributed by atoms with E-state index in [0.717, 1.165) is 32.1 Å². The molecule has 0 spiro atoms. The molecule has 3 fully saturated rings. The normalized spacial score (nSPS) is 42.9. The average Bonchev–Trinajstić information content (AvgIpc) is 2.95. The Kier molecular flexibility index (Phi) is 2.69. The van der Waals surface area contributed by atoms with Crippen LogP contribution in [0.4, 0.5) is 0 Å². The number of rotatable bonds is 2. The number of ether oxygens (including phenoxy) is 1. The molecule has 4 unspecified atom stereocenters. The Morgan fingerprint density at radius 3 is 2.53 bits per heavy atom. The first-order valence-corrected chi connectivity index (χ1v) is 7.00. The van der Waals surface area contributed by atoms with Crippen molar-refractivity contribution in [3.63, 3.8) is 0 Å². The molecule has 3 heteroatoms. The Bertz CT molecular complexity index is 319. The smallest absolute Gasteiger partial charge is 0.309 e. The zero-order valence-corrected chi connectivity index (χ0v) is 10.5. The molecule has 3 aliphatic carbocycles. The van der Waals surface area contributed by atoms with E-state index in [9.17, 15) is 9.90 Å². The molecule has 3 aliphatic rings. The highest BCUT2D eigenvalue weighted by Gasteiger charge is 2.51. The van der Waals surface area contributed by atoms with E-state index in [1.54, 1.807) is 0 Å². The van der Waals surface area contributed by atoms with Crippen LogP contribution in [0.5, 0.6) is 0 Å². The molecular weight excluding hydrogens is 216 g/mol. The topological polar surface area (TPSA) is 46.5 Å². The Morgan fingerprint density at radius 2 is 2.00 bits per heavy atom. The van der Waals surface area contributed by atoms with Gasteiger partial charge in [0.15, 0.2) is 0 Å². The second-order valence-electron chi connectivity index (χ2n) is 6.41. The summed E-state index contributed by atoms with van der Waals surface area (Å²) in [6.07, 6.45) is 7.04. The van der Waals surface area contributed by atoms with Crippen molar-refractivity contribution in [3.05, 3.63) is 0 Å². The van der Waals surface area contributed by atoms with Gasteiger partial charge in [0.2, 0.25) is 0 Å². The molecule has 0 aromatic rings. The molecule has 0 aliphatic heterocycles. The lowest BCUT2D eigenvalue weighted by Gasteiger charge is -2.28. The zero-order valence-electron chi connectivity index (χ0n) is 10.5. The van der Waals surface area contributed by atoms with E-state index in [2.05, 4.69) is 6.92 Å². The first-order valence-electron chi connectivity index (χ1n) is 7.00. The average molecular weight is 238 g/mol.